The fourth-order valence-electron chi connectivity index (χ4n) is 2.67. The van der Waals surface area contributed by atoms with Crippen LogP contribution in [-0.2, 0) is 16.0 Å². The highest BCUT2D eigenvalue weighted by molar-refractivity contribution is 5.85. The standard InChI is InChI=1S/C19H23NO6/c1-4-13-10-17(23)26-18-11(2)15(8-7-14(13)18)25-12(3)19(24)20-9-5-6-16(21)22/h7-8,10,12H,4-6,9H2,1-3H3,(H,20,24)(H,21,22). The molecule has 0 saturated carbocycles. The summed E-state index contributed by atoms with van der Waals surface area (Å²) in [7, 11) is 0. The number of carboxylic acids is 1. The van der Waals surface area contributed by atoms with E-state index in [1.165, 1.54) is 6.07 Å². The van der Waals surface area contributed by atoms with E-state index in [0.717, 1.165) is 10.9 Å². The Hall–Kier alpha value is -2.83. The molecule has 0 saturated heterocycles. The third-order valence-electron chi connectivity index (χ3n) is 4.12. The van der Waals surface area contributed by atoms with E-state index < -0.39 is 17.7 Å². The summed E-state index contributed by atoms with van der Waals surface area (Å²) < 4.78 is 11.0. The Morgan fingerprint density at radius 3 is 2.73 bits per heavy atom. The zero-order valence-electron chi connectivity index (χ0n) is 15.1. The number of rotatable bonds is 8. The molecule has 0 spiro atoms. The van der Waals surface area contributed by atoms with E-state index in [2.05, 4.69) is 5.32 Å². The molecule has 0 aliphatic heterocycles. The third-order valence-corrected chi connectivity index (χ3v) is 4.12. The Balaban J connectivity index is 2.12. The van der Waals surface area contributed by atoms with Crippen LogP contribution in [0.25, 0.3) is 11.0 Å². The predicted molar refractivity (Wildman–Crippen MR) is 96.6 cm³/mol. The molecule has 1 heterocycles. The van der Waals surface area contributed by atoms with E-state index in [9.17, 15) is 14.4 Å². The molecule has 1 unspecified atom stereocenters. The Morgan fingerprint density at radius 2 is 2.08 bits per heavy atom. The first-order chi connectivity index (χ1) is 12.3. The second kappa shape index (κ2) is 8.51. The highest BCUT2D eigenvalue weighted by Crippen LogP contribution is 2.29. The monoisotopic (exact) mass is 361 g/mol. The lowest BCUT2D eigenvalue weighted by atomic mass is 10.0. The number of benzene rings is 1. The predicted octanol–water partition coefficient (Wildman–Crippen LogP) is 2.41. The van der Waals surface area contributed by atoms with Crippen LogP contribution in [0.5, 0.6) is 5.75 Å². The van der Waals surface area contributed by atoms with Gasteiger partial charge in [-0.25, -0.2) is 4.79 Å². The lowest BCUT2D eigenvalue weighted by Crippen LogP contribution is -2.37. The number of ether oxygens (including phenoxy) is 1. The number of fused-ring (bicyclic) bond motifs is 1. The average Bonchev–Trinajstić information content (AvgIpc) is 2.60. The number of hydrogen-bond donors (Lipinski definition) is 2. The number of carbonyl (C=O) groups excluding carboxylic acids is 1. The van der Waals surface area contributed by atoms with Crippen molar-refractivity contribution in [2.75, 3.05) is 6.54 Å². The normalized spacial score (nSPS) is 12.0. The fourth-order valence-corrected chi connectivity index (χ4v) is 2.67. The van der Waals surface area contributed by atoms with Crippen LogP contribution in [0, 0.1) is 6.92 Å². The van der Waals surface area contributed by atoms with Crippen molar-refractivity contribution in [1.29, 1.82) is 0 Å². The number of aryl methyl sites for hydroxylation is 2. The van der Waals surface area contributed by atoms with Crippen molar-refractivity contribution in [3.05, 3.63) is 39.7 Å². The van der Waals surface area contributed by atoms with Gasteiger partial charge < -0.3 is 19.6 Å². The van der Waals surface area contributed by atoms with Gasteiger partial charge in [0.15, 0.2) is 6.10 Å². The molecule has 1 atom stereocenters. The number of nitrogens with one attached hydrogen (secondary N) is 1. The average molecular weight is 361 g/mol. The van der Waals surface area contributed by atoms with Crippen LogP contribution in [0.4, 0.5) is 0 Å². The van der Waals surface area contributed by atoms with Gasteiger partial charge in [0, 0.05) is 30.0 Å². The smallest absolute Gasteiger partial charge is 0.336 e. The molecular weight excluding hydrogens is 338 g/mol. The largest absolute Gasteiger partial charge is 0.481 e. The van der Waals surface area contributed by atoms with E-state index in [1.807, 2.05) is 13.0 Å². The lowest BCUT2D eigenvalue weighted by Gasteiger charge is -2.17. The van der Waals surface area contributed by atoms with Crippen molar-refractivity contribution in [1.82, 2.24) is 5.32 Å². The molecule has 0 bridgehead atoms. The molecule has 140 valence electrons. The molecule has 2 rings (SSSR count). The maximum Gasteiger partial charge on any atom is 0.336 e. The van der Waals surface area contributed by atoms with Crippen molar-refractivity contribution >= 4 is 22.8 Å². The molecule has 2 N–H and O–H groups in total. The highest BCUT2D eigenvalue weighted by Gasteiger charge is 2.17. The number of carbonyl (C=O) groups is 2. The minimum absolute atomic E-state index is 0.00189. The molecule has 0 radical (unpaired) electrons. The van der Waals surface area contributed by atoms with Gasteiger partial charge in [0.05, 0.1) is 0 Å². The zero-order valence-corrected chi connectivity index (χ0v) is 15.1. The molecule has 7 nitrogen and oxygen atoms in total. The minimum atomic E-state index is -0.900. The Labute approximate surface area is 151 Å². The van der Waals surface area contributed by atoms with Gasteiger partial charge in [-0.1, -0.05) is 6.92 Å². The van der Waals surface area contributed by atoms with Gasteiger partial charge in [-0.05, 0) is 44.4 Å². The van der Waals surface area contributed by atoms with Gasteiger partial charge in [0.2, 0.25) is 0 Å². The van der Waals surface area contributed by atoms with Crippen LogP contribution in [0.15, 0.2) is 27.4 Å². The molecule has 1 amide bonds. The van der Waals surface area contributed by atoms with E-state index in [0.29, 0.717) is 29.7 Å². The first-order valence-electron chi connectivity index (χ1n) is 8.56. The van der Waals surface area contributed by atoms with Crippen LogP contribution >= 0.6 is 0 Å². The first kappa shape index (κ1) is 19.5. The van der Waals surface area contributed by atoms with Crippen molar-refractivity contribution in [2.45, 2.75) is 46.1 Å². The molecular formula is C19H23NO6. The van der Waals surface area contributed by atoms with E-state index in [4.69, 9.17) is 14.3 Å². The topological polar surface area (TPSA) is 106 Å². The van der Waals surface area contributed by atoms with Gasteiger partial charge in [0.1, 0.15) is 11.3 Å². The van der Waals surface area contributed by atoms with Crippen molar-refractivity contribution in [3.63, 3.8) is 0 Å². The second-order valence-electron chi connectivity index (χ2n) is 6.06. The van der Waals surface area contributed by atoms with Crippen LogP contribution in [-0.4, -0.2) is 29.6 Å². The summed E-state index contributed by atoms with van der Waals surface area (Å²) in [4.78, 5) is 34.3. The minimum Gasteiger partial charge on any atom is -0.481 e. The summed E-state index contributed by atoms with van der Waals surface area (Å²) >= 11 is 0. The Morgan fingerprint density at radius 1 is 1.35 bits per heavy atom. The molecule has 0 aliphatic rings. The SMILES string of the molecule is CCc1cc(=O)oc2c(C)c(OC(C)C(=O)NCCCC(=O)O)ccc12. The summed E-state index contributed by atoms with van der Waals surface area (Å²) in [5.41, 5.74) is 1.59. The first-order valence-corrected chi connectivity index (χ1v) is 8.56. The maximum atomic E-state index is 12.1. The van der Waals surface area contributed by atoms with Crippen LogP contribution in [0.3, 0.4) is 0 Å². The zero-order chi connectivity index (χ0) is 19.3. The van der Waals surface area contributed by atoms with Crippen LogP contribution in [0.2, 0.25) is 0 Å². The molecule has 26 heavy (non-hydrogen) atoms. The van der Waals surface area contributed by atoms with Crippen molar-refractivity contribution in [2.24, 2.45) is 0 Å². The maximum absolute atomic E-state index is 12.1. The summed E-state index contributed by atoms with van der Waals surface area (Å²) in [5.74, 6) is -0.774. The summed E-state index contributed by atoms with van der Waals surface area (Å²) in [6.45, 7) is 5.61. The second-order valence-corrected chi connectivity index (χ2v) is 6.06. The summed E-state index contributed by atoms with van der Waals surface area (Å²) in [5, 5.41) is 12.1. The fraction of sp³-hybridized carbons (Fsp3) is 0.421. The van der Waals surface area contributed by atoms with Crippen LogP contribution in [0.1, 0.15) is 37.8 Å². The third kappa shape index (κ3) is 4.62. The highest BCUT2D eigenvalue weighted by atomic mass is 16.5. The summed E-state index contributed by atoms with van der Waals surface area (Å²) in [6, 6.07) is 5.05. The lowest BCUT2D eigenvalue weighted by molar-refractivity contribution is -0.137. The molecule has 2 aromatic rings. The van der Waals surface area contributed by atoms with E-state index >= 15 is 0 Å². The number of hydrogen-bond acceptors (Lipinski definition) is 5. The number of aliphatic carboxylic acids is 1. The van der Waals surface area contributed by atoms with E-state index in [-0.39, 0.29) is 18.9 Å². The summed E-state index contributed by atoms with van der Waals surface area (Å²) in [6.07, 6.45) is 0.292. The number of carboxylic acid groups (broad SMARTS) is 1. The molecule has 1 aromatic heterocycles. The van der Waals surface area contributed by atoms with Gasteiger partial charge in [-0.2, -0.15) is 0 Å². The molecule has 0 fully saturated rings. The van der Waals surface area contributed by atoms with Gasteiger partial charge in [-0.15, -0.1) is 0 Å². The van der Waals surface area contributed by atoms with Gasteiger partial charge in [0.25, 0.3) is 5.91 Å². The van der Waals surface area contributed by atoms with Gasteiger partial charge >= 0.3 is 11.6 Å². The van der Waals surface area contributed by atoms with Gasteiger partial charge in [-0.3, -0.25) is 9.59 Å². The molecule has 0 aliphatic carbocycles. The van der Waals surface area contributed by atoms with Crippen molar-refractivity contribution in [3.8, 4) is 5.75 Å². The Bertz CT molecular complexity index is 870. The number of amides is 1. The van der Waals surface area contributed by atoms with Crippen LogP contribution < -0.4 is 15.7 Å². The Kier molecular flexibility index (Phi) is 6.38. The van der Waals surface area contributed by atoms with E-state index in [1.54, 1.807) is 19.9 Å². The molecule has 7 heteroatoms. The quantitative estimate of drug-likeness (QED) is 0.552. The van der Waals surface area contributed by atoms with Crippen molar-refractivity contribution < 1.29 is 23.8 Å². The molecule has 1 aromatic carbocycles.